The van der Waals surface area contributed by atoms with Gasteiger partial charge in [-0.1, -0.05) is 29.8 Å². The topological polar surface area (TPSA) is 75.7 Å². The van der Waals surface area contributed by atoms with E-state index in [9.17, 15) is 14.4 Å². The number of hydrogen-bond acceptors (Lipinski definition) is 4. The first-order valence-electron chi connectivity index (χ1n) is 8.14. The predicted molar refractivity (Wildman–Crippen MR) is 93.8 cm³/mol. The molecule has 1 fully saturated rings. The Kier molecular flexibility index (Phi) is 6.06. The fourth-order valence-electron chi connectivity index (χ4n) is 2.62. The number of hydrogen-bond donors (Lipinski definition) is 1. The summed E-state index contributed by atoms with van der Waals surface area (Å²) in [7, 11) is 0. The van der Waals surface area contributed by atoms with Gasteiger partial charge < -0.3 is 15.0 Å². The molecule has 1 saturated heterocycles. The summed E-state index contributed by atoms with van der Waals surface area (Å²) in [4.78, 5) is 37.5. The van der Waals surface area contributed by atoms with Crippen molar-refractivity contribution in [1.29, 1.82) is 0 Å². The molecule has 0 unspecified atom stereocenters. The van der Waals surface area contributed by atoms with Crippen LogP contribution in [0.25, 0.3) is 0 Å². The molecule has 0 aliphatic carbocycles. The van der Waals surface area contributed by atoms with Crippen molar-refractivity contribution in [3.63, 3.8) is 0 Å². The van der Waals surface area contributed by atoms with Crippen LogP contribution in [0.2, 0.25) is 5.02 Å². The highest BCUT2D eigenvalue weighted by Gasteiger charge is 2.35. The summed E-state index contributed by atoms with van der Waals surface area (Å²) in [6.07, 6.45) is 0.0875. The summed E-state index contributed by atoms with van der Waals surface area (Å²) >= 11 is 6.11. The minimum atomic E-state index is -0.558. The first-order chi connectivity index (χ1) is 11.7. The molecule has 0 radical (unpaired) electrons. The molecular formula is C18H23ClN2O4. The zero-order chi connectivity index (χ0) is 18.6. The summed E-state index contributed by atoms with van der Waals surface area (Å²) in [5.74, 6) is -1.57. The largest absolute Gasteiger partial charge is 0.455 e. The Morgan fingerprint density at radius 3 is 2.64 bits per heavy atom. The van der Waals surface area contributed by atoms with Crippen LogP contribution in [0.1, 0.15) is 32.8 Å². The standard InChI is InChI=1S/C18H23ClN2O4/c1-18(2,3)20-15(22)11-25-17(24)13-8-16(23)21(10-13)9-12-6-4-5-7-14(12)19/h4-7,13H,8-11H2,1-3H3,(H,20,22)/t13-/m1/s1. The summed E-state index contributed by atoms with van der Waals surface area (Å²) in [5, 5.41) is 3.30. The Balaban J connectivity index is 1.86. The summed E-state index contributed by atoms with van der Waals surface area (Å²) in [6, 6.07) is 7.27. The van der Waals surface area contributed by atoms with Gasteiger partial charge >= 0.3 is 5.97 Å². The van der Waals surface area contributed by atoms with E-state index < -0.39 is 17.4 Å². The number of ether oxygens (including phenoxy) is 1. The number of esters is 1. The van der Waals surface area contributed by atoms with Gasteiger partial charge in [0.1, 0.15) is 0 Å². The highest BCUT2D eigenvalue weighted by atomic mass is 35.5. The number of rotatable bonds is 5. The van der Waals surface area contributed by atoms with Crippen molar-refractivity contribution < 1.29 is 19.1 Å². The van der Waals surface area contributed by atoms with Crippen molar-refractivity contribution >= 4 is 29.4 Å². The lowest BCUT2D eigenvalue weighted by atomic mass is 10.1. The normalized spacial score (nSPS) is 17.5. The molecule has 0 spiro atoms. The smallest absolute Gasteiger partial charge is 0.311 e. The highest BCUT2D eigenvalue weighted by molar-refractivity contribution is 6.31. The van der Waals surface area contributed by atoms with Gasteiger partial charge in [-0.15, -0.1) is 0 Å². The molecule has 1 heterocycles. The predicted octanol–water partition coefficient (Wildman–Crippen LogP) is 2.15. The van der Waals surface area contributed by atoms with Gasteiger partial charge in [-0.2, -0.15) is 0 Å². The minimum Gasteiger partial charge on any atom is -0.455 e. The fraction of sp³-hybridized carbons (Fsp3) is 0.500. The zero-order valence-electron chi connectivity index (χ0n) is 14.7. The van der Waals surface area contributed by atoms with E-state index in [1.807, 2.05) is 39.0 Å². The van der Waals surface area contributed by atoms with Gasteiger partial charge in [0, 0.05) is 30.1 Å². The SMILES string of the molecule is CC(C)(C)NC(=O)COC(=O)[C@@H]1CC(=O)N(Cc2ccccc2Cl)C1. The summed E-state index contributed by atoms with van der Waals surface area (Å²) < 4.78 is 5.05. The molecule has 1 atom stereocenters. The lowest BCUT2D eigenvalue weighted by Gasteiger charge is -2.20. The maximum absolute atomic E-state index is 12.1. The van der Waals surface area contributed by atoms with Gasteiger partial charge in [-0.25, -0.2) is 0 Å². The Hall–Kier alpha value is -2.08. The Bertz CT molecular complexity index is 669. The monoisotopic (exact) mass is 366 g/mol. The second-order valence-electron chi connectivity index (χ2n) is 7.17. The maximum Gasteiger partial charge on any atom is 0.311 e. The Labute approximate surface area is 152 Å². The molecule has 136 valence electrons. The average Bonchev–Trinajstić information content (AvgIpc) is 2.87. The van der Waals surface area contributed by atoms with Crippen LogP contribution >= 0.6 is 11.6 Å². The first kappa shape index (κ1) is 19.2. The fourth-order valence-corrected chi connectivity index (χ4v) is 2.82. The maximum atomic E-state index is 12.1. The Morgan fingerprint density at radius 1 is 1.32 bits per heavy atom. The second kappa shape index (κ2) is 7.87. The number of carbonyl (C=O) groups is 3. The van der Waals surface area contributed by atoms with Crippen molar-refractivity contribution in [2.75, 3.05) is 13.2 Å². The van der Waals surface area contributed by atoms with Crippen LogP contribution in [0.5, 0.6) is 0 Å². The van der Waals surface area contributed by atoms with E-state index >= 15 is 0 Å². The molecule has 0 saturated carbocycles. The zero-order valence-corrected chi connectivity index (χ0v) is 15.4. The molecule has 2 amide bonds. The van der Waals surface area contributed by atoms with Gasteiger partial charge in [0.05, 0.1) is 5.92 Å². The number of benzene rings is 1. The average molecular weight is 367 g/mol. The van der Waals surface area contributed by atoms with Crippen LogP contribution in [0.3, 0.4) is 0 Å². The number of amides is 2. The van der Waals surface area contributed by atoms with Gasteiger partial charge in [-0.3, -0.25) is 14.4 Å². The van der Waals surface area contributed by atoms with Gasteiger partial charge in [0.2, 0.25) is 5.91 Å². The van der Waals surface area contributed by atoms with Gasteiger partial charge in [-0.05, 0) is 32.4 Å². The highest BCUT2D eigenvalue weighted by Crippen LogP contribution is 2.24. The van der Waals surface area contributed by atoms with Crippen molar-refractivity contribution in [2.24, 2.45) is 5.92 Å². The number of nitrogens with one attached hydrogen (secondary N) is 1. The van der Waals surface area contributed by atoms with E-state index in [2.05, 4.69) is 5.32 Å². The third-order valence-electron chi connectivity index (χ3n) is 3.73. The second-order valence-corrected chi connectivity index (χ2v) is 7.58. The molecule has 0 aromatic heterocycles. The van der Waals surface area contributed by atoms with E-state index in [0.717, 1.165) is 5.56 Å². The minimum absolute atomic E-state index is 0.0875. The molecule has 0 bridgehead atoms. The molecule has 1 aromatic carbocycles. The van der Waals surface area contributed by atoms with Gasteiger partial charge in [0.25, 0.3) is 5.91 Å². The molecule has 1 aliphatic rings. The van der Waals surface area contributed by atoms with E-state index in [1.54, 1.807) is 11.0 Å². The van der Waals surface area contributed by atoms with E-state index in [1.165, 1.54) is 0 Å². The molecule has 7 heteroatoms. The molecule has 2 rings (SSSR count). The molecule has 1 N–H and O–H groups in total. The molecular weight excluding hydrogens is 344 g/mol. The van der Waals surface area contributed by atoms with Crippen molar-refractivity contribution in [1.82, 2.24) is 10.2 Å². The van der Waals surface area contributed by atoms with Crippen molar-refractivity contribution in [2.45, 2.75) is 39.3 Å². The lowest BCUT2D eigenvalue weighted by molar-refractivity contribution is -0.152. The van der Waals surface area contributed by atoms with Crippen LogP contribution in [-0.4, -0.2) is 41.4 Å². The van der Waals surface area contributed by atoms with Crippen LogP contribution < -0.4 is 5.32 Å². The van der Waals surface area contributed by atoms with Crippen LogP contribution in [0.15, 0.2) is 24.3 Å². The van der Waals surface area contributed by atoms with E-state index in [0.29, 0.717) is 11.6 Å². The quantitative estimate of drug-likeness (QED) is 0.810. The van der Waals surface area contributed by atoms with Crippen LogP contribution in [0, 0.1) is 5.92 Å². The van der Waals surface area contributed by atoms with Crippen LogP contribution in [-0.2, 0) is 25.7 Å². The molecule has 1 aliphatic heterocycles. The number of halogens is 1. The number of likely N-dealkylation sites (tertiary alicyclic amines) is 1. The molecule has 25 heavy (non-hydrogen) atoms. The van der Waals surface area contributed by atoms with Crippen molar-refractivity contribution in [3.8, 4) is 0 Å². The third kappa shape index (κ3) is 5.74. The number of nitrogens with zero attached hydrogens (tertiary/aromatic N) is 1. The lowest BCUT2D eigenvalue weighted by Crippen LogP contribution is -2.43. The van der Waals surface area contributed by atoms with Gasteiger partial charge in [0.15, 0.2) is 6.61 Å². The number of carbonyl (C=O) groups excluding carboxylic acids is 3. The molecule has 6 nitrogen and oxygen atoms in total. The van der Waals surface area contributed by atoms with Crippen LogP contribution in [0.4, 0.5) is 0 Å². The Morgan fingerprint density at radius 2 is 2.00 bits per heavy atom. The summed E-state index contributed by atoms with van der Waals surface area (Å²) in [6.45, 7) is 5.81. The van der Waals surface area contributed by atoms with Crippen molar-refractivity contribution in [3.05, 3.63) is 34.9 Å². The van der Waals surface area contributed by atoms with E-state index in [-0.39, 0.29) is 31.4 Å². The first-order valence-corrected chi connectivity index (χ1v) is 8.52. The third-order valence-corrected chi connectivity index (χ3v) is 4.10. The van der Waals surface area contributed by atoms with E-state index in [4.69, 9.17) is 16.3 Å². The molecule has 1 aromatic rings. The summed E-state index contributed by atoms with van der Waals surface area (Å²) in [5.41, 5.74) is 0.439.